The Balaban J connectivity index is 2.26. The maximum atomic E-state index is 12.2. The second-order valence-corrected chi connectivity index (χ2v) is 6.38. The van der Waals surface area contributed by atoms with Gasteiger partial charge in [-0.15, -0.1) is 0 Å². The third-order valence-electron chi connectivity index (χ3n) is 2.52. The zero-order valence-corrected chi connectivity index (χ0v) is 11.9. The zero-order valence-electron chi connectivity index (χ0n) is 10.3. The molecule has 0 atom stereocenters. The van der Waals surface area contributed by atoms with Crippen LogP contribution < -0.4 is 15.2 Å². The van der Waals surface area contributed by atoms with Crippen molar-refractivity contribution in [2.24, 2.45) is 0 Å². The van der Waals surface area contributed by atoms with Crippen LogP contribution in [-0.2, 0) is 16.6 Å². The number of nitrogen functional groups attached to an aromatic ring is 1. The Kier molecular flexibility index (Phi) is 4.08. The van der Waals surface area contributed by atoms with Crippen molar-refractivity contribution in [3.63, 3.8) is 0 Å². The molecule has 0 saturated heterocycles. The molecule has 102 valence electrons. The first-order valence-corrected chi connectivity index (χ1v) is 7.90. The molecule has 0 fully saturated rings. The Hall–Kier alpha value is -1.57. The summed E-state index contributed by atoms with van der Waals surface area (Å²) in [6.07, 6.45) is 0. The van der Waals surface area contributed by atoms with Crippen LogP contribution in [-0.4, -0.2) is 15.5 Å². The van der Waals surface area contributed by atoms with E-state index in [2.05, 4.69) is 4.72 Å². The molecule has 0 aliphatic carbocycles. The molecule has 0 aliphatic rings. The van der Waals surface area contributed by atoms with Gasteiger partial charge in [0.25, 0.3) is 0 Å². The molecule has 0 saturated carbocycles. The van der Waals surface area contributed by atoms with Gasteiger partial charge >= 0.3 is 0 Å². The summed E-state index contributed by atoms with van der Waals surface area (Å²) in [4.78, 5) is 0.0465. The van der Waals surface area contributed by atoms with Crippen LogP contribution in [0.1, 0.15) is 5.56 Å². The van der Waals surface area contributed by atoms with E-state index in [1.807, 2.05) is 16.8 Å². The van der Waals surface area contributed by atoms with Crippen molar-refractivity contribution in [3.05, 3.63) is 40.6 Å². The summed E-state index contributed by atoms with van der Waals surface area (Å²) in [5.41, 5.74) is 6.91. The van der Waals surface area contributed by atoms with Crippen LogP contribution >= 0.6 is 11.3 Å². The van der Waals surface area contributed by atoms with E-state index in [0.29, 0.717) is 5.69 Å². The lowest BCUT2D eigenvalue weighted by atomic mass is 10.3. The van der Waals surface area contributed by atoms with Gasteiger partial charge in [-0.2, -0.15) is 11.3 Å². The summed E-state index contributed by atoms with van der Waals surface area (Å²) in [5.74, 6) is 0.270. The number of nitrogens with one attached hydrogen (secondary N) is 1. The summed E-state index contributed by atoms with van der Waals surface area (Å²) in [5, 5.41) is 3.78. The number of nitrogens with two attached hydrogens (primary N) is 1. The van der Waals surface area contributed by atoms with E-state index in [4.69, 9.17) is 10.5 Å². The SMILES string of the molecule is COc1ccc(N)cc1S(=O)(=O)NCc1ccsc1. The monoisotopic (exact) mass is 298 g/mol. The lowest BCUT2D eigenvalue weighted by Gasteiger charge is -2.11. The normalized spacial score (nSPS) is 11.4. The van der Waals surface area contributed by atoms with Crippen LogP contribution in [0.3, 0.4) is 0 Å². The van der Waals surface area contributed by atoms with Crippen LogP contribution in [0, 0.1) is 0 Å². The van der Waals surface area contributed by atoms with Crippen molar-refractivity contribution in [1.82, 2.24) is 4.72 Å². The molecule has 3 N–H and O–H groups in total. The average Bonchev–Trinajstić information content (AvgIpc) is 2.89. The van der Waals surface area contributed by atoms with Gasteiger partial charge in [0.1, 0.15) is 10.6 Å². The van der Waals surface area contributed by atoms with Crippen LogP contribution in [0.4, 0.5) is 5.69 Å². The number of anilines is 1. The van der Waals surface area contributed by atoms with E-state index >= 15 is 0 Å². The summed E-state index contributed by atoms with van der Waals surface area (Å²) in [6, 6.07) is 6.38. The van der Waals surface area contributed by atoms with Crippen molar-refractivity contribution in [2.75, 3.05) is 12.8 Å². The third kappa shape index (κ3) is 3.25. The Morgan fingerprint density at radius 3 is 2.79 bits per heavy atom. The van der Waals surface area contributed by atoms with Crippen LogP contribution in [0.25, 0.3) is 0 Å². The van der Waals surface area contributed by atoms with Crippen LogP contribution in [0.5, 0.6) is 5.75 Å². The van der Waals surface area contributed by atoms with E-state index in [-0.39, 0.29) is 17.2 Å². The highest BCUT2D eigenvalue weighted by atomic mass is 32.2. The fourth-order valence-electron chi connectivity index (χ4n) is 1.55. The van der Waals surface area contributed by atoms with E-state index in [1.165, 1.54) is 30.6 Å². The standard InChI is InChI=1S/C12H14N2O3S2/c1-17-11-3-2-10(13)6-12(11)19(15,16)14-7-9-4-5-18-8-9/h2-6,8,14H,7,13H2,1H3. The topological polar surface area (TPSA) is 81.4 Å². The lowest BCUT2D eigenvalue weighted by molar-refractivity contribution is 0.402. The lowest BCUT2D eigenvalue weighted by Crippen LogP contribution is -2.23. The minimum absolute atomic E-state index is 0.0465. The number of benzene rings is 1. The first kappa shape index (κ1) is 13.9. The average molecular weight is 298 g/mol. The molecule has 7 heteroatoms. The van der Waals surface area contributed by atoms with Crippen molar-refractivity contribution in [3.8, 4) is 5.75 Å². The smallest absolute Gasteiger partial charge is 0.244 e. The van der Waals surface area contributed by atoms with Gasteiger partial charge in [-0.05, 0) is 40.6 Å². The molecule has 2 aromatic rings. The molecule has 2 rings (SSSR count). The van der Waals surface area contributed by atoms with Gasteiger partial charge in [0.05, 0.1) is 7.11 Å². The Morgan fingerprint density at radius 2 is 2.16 bits per heavy atom. The molecule has 0 amide bonds. The molecular formula is C12H14N2O3S2. The van der Waals surface area contributed by atoms with Gasteiger partial charge in [-0.3, -0.25) is 0 Å². The van der Waals surface area contributed by atoms with E-state index in [1.54, 1.807) is 6.07 Å². The maximum Gasteiger partial charge on any atom is 0.244 e. The summed E-state index contributed by atoms with van der Waals surface area (Å²) in [6.45, 7) is 0.240. The molecule has 1 aromatic heterocycles. The largest absolute Gasteiger partial charge is 0.495 e. The number of methoxy groups -OCH3 is 1. The Morgan fingerprint density at radius 1 is 1.37 bits per heavy atom. The van der Waals surface area contributed by atoms with E-state index in [0.717, 1.165) is 5.56 Å². The predicted octanol–water partition coefficient (Wildman–Crippen LogP) is 1.82. The molecule has 1 aromatic carbocycles. The van der Waals surface area contributed by atoms with Gasteiger partial charge in [0.15, 0.2) is 0 Å². The van der Waals surface area contributed by atoms with Crippen LogP contribution in [0.15, 0.2) is 39.9 Å². The van der Waals surface area contributed by atoms with Crippen molar-refractivity contribution >= 4 is 27.0 Å². The maximum absolute atomic E-state index is 12.2. The first-order chi connectivity index (χ1) is 9.03. The Labute approximate surface area is 116 Å². The van der Waals surface area contributed by atoms with Crippen molar-refractivity contribution < 1.29 is 13.2 Å². The first-order valence-electron chi connectivity index (χ1n) is 5.47. The van der Waals surface area contributed by atoms with Gasteiger partial charge in [0.2, 0.25) is 10.0 Å². The number of thiophene rings is 1. The molecule has 0 unspecified atom stereocenters. The highest BCUT2D eigenvalue weighted by Gasteiger charge is 2.19. The van der Waals surface area contributed by atoms with Gasteiger partial charge < -0.3 is 10.5 Å². The van der Waals surface area contributed by atoms with Crippen LogP contribution in [0.2, 0.25) is 0 Å². The number of sulfonamides is 1. The molecule has 0 bridgehead atoms. The van der Waals surface area contributed by atoms with Crippen molar-refractivity contribution in [1.29, 1.82) is 0 Å². The van der Waals surface area contributed by atoms with E-state index < -0.39 is 10.0 Å². The highest BCUT2D eigenvalue weighted by molar-refractivity contribution is 7.89. The molecular weight excluding hydrogens is 284 g/mol. The molecule has 0 radical (unpaired) electrons. The van der Waals surface area contributed by atoms with Crippen molar-refractivity contribution in [2.45, 2.75) is 11.4 Å². The second kappa shape index (κ2) is 5.60. The summed E-state index contributed by atoms with van der Waals surface area (Å²) in [7, 11) is -2.23. The number of hydrogen-bond acceptors (Lipinski definition) is 5. The number of hydrogen-bond donors (Lipinski definition) is 2. The fraction of sp³-hybridized carbons (Fsp3) is 0.167. The van der Waals surface area contributed by atoms with Gasteiger partial charge in [-0.1, -0.05) is 0 Å². The summed E-state index contributed by atoms with van der Waals surface area (Å²) < 4.78 is 32.0. The quantitative estimate of drug-likeness (QED) is 0.825. The van der Waals surface area contributed by atoms with Gasteiger partial charge in [0, 0.05) is 12.2 Å². The van der Waals surface area contributed by atoms with E-state index in [9.17, 15) is 8.42 Å². The van der Waals surface area contributed by atoms with Gasteiger partial charge in [-0.25, -0.2) is 13.1 Å². The summed E-state index contributed by atoms with van der Waals surface area (Å²) >= 11 is 1.52. The Bertz CT molecular complexity index is 652. The molecule has 0 spiro atoms. The minimum Gasteiger partial charge on any atom is -0.495 e. The highest BCUT2D eigenvalue weighted by Crippen LogP contribution is 2.25. The molecule has 1 heterocycles. The molecule has 0 aliphatic heterocycles. The number of rotatable bonds is 5. The third-order valence-corrected chi connectivity index (χ3v) is 4.68. The molecule has 19 heavy (non-hydrogen) atoms. The minimum atomic E-state index is -3.65. The predicted molar refractivity (Wildman–Crippen MR) is 75.8 cm³/mol. The molecule has 5 nitrogen and oxygen atoms in total. The zero-order chi connectivity index (χ0) is 13.9. The number of ether oxygens (including phenoxy) is 1. The second-order valence-electron chi connectivity index (χ2n) is 3.87. The fourth-order valence-corrected chi connectivity index (χ4v) is 3.44.